The molecule has 2 aromatic carbocycles. The van der Waals surface area contributed by atoms with Gasteiger partial charge in [0.25, 0.3) is 5.91 Å². The number of thiazole rings is 1. The van der Waals surface area contributed by atoms with E-state index in [-0.39, 0.29) is 22.9 Å². The van der Waals surface area contributed by atoms with Crippen LogP contribution in [0.1, 0.15) is 42.2 Å². The third kappa shape index (κ3) is 5.29. The molecule has 1 atom stereocenters. The standard InChI is InChI=1S/C21H23N3O3S2/c1-14(2)24-29(26,27)18-11-9-17(10-12-18)20(25)22-15(3)21-23-19(13-28-21)16-7-5-4-6-8-16/h4-15,24H,1-3H3,(H,22,25). The van der Waals surface area contributed by atoms with Crippen LogP contribution in [0.15, 0.2) is 64.9 Å². The maximum absolute atomic E-state index is 12.5. The molecule has 1 aromatic heterocycles. The molecule has 3 aromatic rings. The zero-order valence-corrected chi connectivity index (χ0v) is 18.0. The third-order valence-electron chi connectivity index (χ3n) is 4.13. The van der Waals surface area contributed by atoms with E-state index in [1.807, 2.05) is 42.6 Å². The third-order valence-corrected chi connectivity index (χ3v) is 6.83. The fraction of sp³-hybridized carbons (Fsp3) is 0.238. The summed E-state index contributed by atoms with van der Waals surface area (Å²) in [5.74, 6) is -0.283. The molecule has 0 bridgehead atoms. The Morgan fingerprint density at radius 1 is 1.00 bits per heavy atom. The maximum atomic E-state index is 12.5. The smallest absolute Gasteiger partial charge is 0.251 e. The number of hydrogen-bond acceptors (Lipinski definition) is 5. The Balaban J connectivity index is 1.68. The van der Waals surface area contributed by atoms with Gasteiger partial charge in [-0.1, -0.05) is 30.3 Å². The first kappa shape index (κ1) is 21.2. The van der Waals surface area contributed by atoms with Gasteiger partial charge in [0, 0.05) is 22.5 Å². The average Bonchev–Trinajstić information content (AvgIpc) is 3.18. The number of rotatable bonds is 7. The van der Waals surface area contributed by atoms with Gasteiger partial charge in [0.05, 0.1) is 16.6 Å². The maximum Gasteiger partial charge on any atom is 0.251 e. The van der Waals surface area contributed by atoms with Crippen LogP contribution in [0.2, 0.25) is 0 Å². The van der Waals surface area contributed by atoms with Crippen LogP contribution in [-0.2, 0) is 10.0 Å². The van der Waals surface area contributed by atoms with E-state index in [0.717, 1.165) is 16.3 Å². The van der Waals surface area contributed by atoms with Gasteiger partial charge in [0.15, 0.2) is 0 Å². The van der Waals surface area contributed by atoms with E-state index in [1.165, 1.54) is 35.6 Å². The molecule has 1 unspecified atom stereocenters. The lowest BCUT2D eigenvalue weighted by molar-refractivity contribution is 0.0939. The quantitative estimate of drug-likeness (QED) is 0.594. The molecule has 152 valence electrons. The Hall–Kier alpha value is -2.55. The normalized spacial score (nSPS) is 12.7. The van der Waals surface area contributed by atoms with Crippen LogP contribution >= 0.6 is 11.3 Å². The van der Waals surface area contributed by atoms with Crippen molar-refractivity contribution in [1.29, 1.82) is 0 Å². The molecular formula is C21H23N3O3S2. The van der Waals surface area contributed by atoms with Crippen molar-refractivity contribution in [2.75, 3.05) is 0 Å². The minimum absolute atomic E-state index is 0.128. The summed E-state index contributed by atoms with van der Waals surface area (Å²) in [6.45, 7) is 5.38. The van der Waals surface area contributed by atoms with Crippen molar-refractivity contribution in [1.82, 2.24) is 15.0 Å². The van der Waals surface area contributed by atoms with Gasteiger partial charge >= 0.3 is 0 Å². The fourth-order valence-electron chi connectivity index (χ4n) is 2.73. The molecule has 0 saturated heterocycles. The zero-order chi connectivity index (χ0) is 21.0. The van der Waals surface area contributed by atoms with Gasteiger partial charge in [-0.3, -0.25) is 4.79 Å². The lowest BCUT2D eigenvalue weighted by Crippen LogP contribution is -2.30. The van der Waals surface area contributed by atoms with Gasteiger partial charge in [-0.15, -0.1) is 11.3 Å². The molecular weight excluding hydrogens is 406 g/mol. The highest BCUT2D eigenvalue weighted by molar-refractivity contribution is 7.89. The number of nitrogens with one attached hydrogen (secondary N) is 2. The van der Waals surface area contributed by atoms with Gasteiger partial charge in [-0.05, 0) is 45.0 Å². The number of benzene rings is 2. The molecule has 0 aliphatic rings. The van der Waals surface area contributed by atoms with E-state index in [9.17, 15) is 13.2 Å². The van der Waals surface area contributed by atoms with E-state index in [2.05, 4.69) is 15.0 Å². The van der Waals surface area contributed by atoms with Crippen LogP contribution in [-0.4, -0.2) is 25.4 Å². The number of sulfonamides is 1. The number of carbonyl (C=O) groups excluding carboxylic acids is 1. The summed E-state index contributed by atoms with van der Waals surface area (Å²) in [5, 5.41) is 5.68. The highest BCUT2D eigenvalue weighted by atomic mass is 32.2. The molecule has 0 aliphatic heterocycles. The number of carbonyl (C=O) groups is 1. The molecule has 3 rings (SSSR count). The molecule has 1 heterocycles. The summed E-state index contributed by atoms with van der Waals surface area (Å²) < 4.78 is 26.9. The van der Waals surface area contributed by atoms with E-state index < -0.39 is 10.0 Å². The SMILES string of the molecule is CC(C)NS(=O)(=O)c1ccc(C(=O)NC(C)c2nc(-c3ccccc3)cs2)cc1. The molecule has 8 heteroatoms. The Bertz CT molecular complexity index is 1080. The van der Waals surface area contributed by atoms with Gasteiger partial charge < -0.3 is 5.32 Å². The molecule has 1 amide bonds. The summed E-state index contributed by atoms with van der Waals surface area (Å²) in [6.07, 6.45) is 0. The van der Waals surface area contributed by atoms with E-state index in [4.69, 9.17) is 0 Å². The second-order valence-electron chi connectivity index (χ2n) is 6.93. The summed E-state index contributed by atoms with van der Waals surface area (Å²) in [6, 6.07) is 15.3. The van der Waals surface area contributed by atoms with Gasteiger partial charge in [0.2, 0.25) is 10.0 Å². The average molecular weight is 430 g/mol. The second kappa shape index (κ2) is 8.86. The van der Waals surface area contributed by atoms with Crippen LogP contribution in [0.4, 0.5) is 0 Å². The number of aromatic nitrogens is 1. The zero-order valence-electron chi connectivity index (χ0n) is 16.4. The van der Waals surface area contributed by atoms with E-state index in [0.29, 0.717) is 5.56 Å². The Labute approximate surface area is 175 Å². The van der Waals surface area contributed by atoms with E-state index >= 15 is 0 Å². The lowest BCUT2D eigenvalue weighted by atomic mass is 10.2. The highest BCUT2D eigenvalue weighted by Gasteiger charge is 2.18. The highest BCUT2D eigenvalue weighted by Crippen LogP contribution is 2.25. The monoisotopic (exact) mass is 429 g/mol. The minimum Gasteiger partial charge on any atom is -0.343 e. The summed E-state index contributed by atoms with van der Waals surface area (Å²) in [4.78, 5) is 17.3. The summed E-state index contributed by atoms with van der Waals surface area (Å²) in [5.41, 5.74) is 2.29. The van der Waals surface area contributed by atoms with Crippen LogP contribution in [0, 0.1) is 0 Å². The Morgan fingerprint density at radius 3 is 2.28 bits per heavy atom. The molecule has 0 saturated carbocycles. The Morgan fingerprint density at radius 2 is 1.66 bits per heavy atom. The first-order valence-corrected chi connectivity index (χ1v) is 11.6. The number of amides is 1. The molecule has 0 radical (unpaired) electrons. The lowest BCUT2D eigenvalue weighted by Gasteiger charge is -2.12. The van der Waals surface area contributed by atoms with Crippen molar-refractivity contribution in [2.24, 2.45) is 0 Å². The molecule has 0 aliphatic carbocycles. The fourth-order valence-corrected chi connectivity index (χ4v) is 4.82. The number of nitrogens with zero attached hydrogens (tertiary/aromatic N) is 1. The van der Waals surface area contributed by atoms with Gasteiger partial charge in [-0.2, -0.15) is 0 Å². The van der Waals surface area contributed by atoms with Gasteiger partial charge in [-0.25, -0.2) is 18.1 Å². The largest absolute Gasteiger partial charge is 0.343 e. The molecule has 2 N–H and O–H groups in total. The molecule has 6 nitrogen and oxygen atoms in total. The molecule has 29 heavy (non-hydrogen) atoms. The van der Waals surface area contributed by atoms with Crippen LogP contribution in [0.3, 0.4) is 0 Å². The van der Waals surface area contributed by atoms with Crippen LogP contribution in [0.5, 0.6) is 0 Å². The van der Waals surface area contributed by atoms with Crippen molar-refractivity contribution >= 4 is 27.3 Å². The summed E-state index contributed by atoms with van der Waals surface area (Å²) in [7, 11) is -3.58. The van der Waals surface area contributed by atoms with Crippen molar-refractivity contribution in [3.63, 3.8) is 0 Å². The first-order valence-electron chi connectivity index (χ1n) is 9.20. The van der Waals surface area contributed by atoms with Crippen LogP contribution in [0.25, 0.3) is 11.3 Å². The van der Waals surface area contributed by atoms with E-state index in [1.54, 1.807) is 13.8 Å². The Kier molecular flexibility index (Phi) is 6.46. The molecule has 0 fully saturated rings. The van der Waals surface area contributed by atoms with Crippen molar-refractivity contribution < 1.29 is 13.2 Å². The topological polar surface area (TPSA) is 88.2 Å². The number of hydrogen-bond donors (Lipinski definition) is 2. The van der Waals surface area contributed by atoms with Crippen molar-refractivity contribution in [3.05, 3.63) is 70.5 Å². The second-order valence-corrected chi connectivity index (χ2v) is 9.54. The van der Waals surface area contributed by atoms with Crippen LogP contribution < -0.4 is 10.0 Å². The minimum atomic E-state index is -3.58. The predicted octanol–water partition coefficient (Wildman–Crippen LogP) is 3.99. The van der Waals surface area contributed by atoms with Crippen molar-refractivity contribution in [3.8, 4) is 11.3 Å². The summed E-state index contributed by atoms with van der Waals surface area (Å²) >= 11 is 1.49. The predicted molar refractivity (Wildman–Crippen MR) is 115 cm³/mol. The van der Waals surface area contributed by atoms with Crippen molar-refractivity contribution in [2.45, 2.75) is 37.8 Å². The first-order chi connectivity index (χ1) is 13.8. The molecule has 0 spiro atoms. The van der Waals surface area contributed by atoms with Gasteiger partial charge in [0.1, 0.15) is 5.01 Å².